The molecule has 0 saturated carbocycles. The Bertz CT molecular complexity index is 476. The summed E-state index contributed by atoms with van der Waals surface area (Å²) in [6, 6.07) is 9.15. The molecule has 88 valence electrons. The van der Waals surface area contributed by atoms with E-state index in [4.69, 9.17) is 0 Å². The third kappa shape index (κ3) is 1.55. The van der Waals surface area contributed by atoms with Crippen molar-refractivity contribution in [2.45, 2.75) is 25.6 Å². The Morgan fingerprint density at radius 3 is 2.59 bits per heavy atom. The molecule has 2 aliphatic rings. The highest BCUT2D eigenvalue weighted by Gasteiger charge is 2.33. The summed E-state index contributed by atoms with van der Waals surface area (Å²) in [6.07, 6.45) is 10.4. The Kier molecular flexibility index (Phi) is 2.43. The zero-order valence-electron chi connectivity index (χ0n) is 10.4. The molecule has 2 atom stereocenters. The standard InChI is InChI=1S/C15H18N2/c1-12-16(2)14-10-6-7-11-15(14)17(12)13-8-4-3-5-9-13/h3-8,10-13H,9H2,1-2H3. The van der Waals surface area contributed by atoms with E-state index in [1.54, 1.807) is 0 Å². The fourth-order valence-corrected chi connectivity index (χ4v) is 2.80. The number of para-hydroxylation sites is 2. The SMILES string of the molecule is CC1N(C)c2ccccc2N1C1C=CC=CC1. The fourth-order valence-electron chi connectivity index (χ4n) is 2.80. The highest BCUT2D eigenvalue weighted by Crippen LogP contribution is 2.40. The van der Waals surface area contributed by atoms with Gasteiger partial charge in [0.25, 0.3) is 0 Å². The Morgan fingerprint density at radius 2 is 1.88 bits per heavy atom. The third-order valence-electron chi connectivity index (χ3n) is 3.82. The van der Waals surface area contributed by atoms with Crippen LogP contribution in [0.2, 0.25) is 0 Å². The van der Waals surface area contributed by atoms with Gasteiger partial charge in [-0.15, -0.1) is 0 Å². The van der Waals surface area contributed by atoms with Crippen LogP contribution >= 0.6 is 0 Å². The molecule has 0 amide bonds. The maximum Gasteiger partial charge on any atom is 0.0991 e. The first-order chi connectivity index (χ1) is 8.29. The maximum atomic E-state index is 2.51. The van der Waals surface area contributed by atoms with Crippen molar-refractivity contribution in [1.29, 1.82) is 0 Å². The van der Waals surface area contributed by atoms with E-state index in [2.05, 4.69) is 72.3 Å². The third-order valence-corrected chi connectivity index (χ3v) is 3.82. The van der Waals surface area contributed by atoms with Crippen LogP contribution in [0.25, 0.3) is 0 Å². The molecule has 0 spiro atoms. The molecule has 0 aromatic heterocycles. The molecule has 1 aliphatic heterocycles. The summed E-state index contributed by atoms with van der Waals surface area (Å²) in [5.41, 5.74) is 2.69. The minimum atomic E-state index is 0.425. The second-order valence-electron chi connectivity index (χ2n) is 4.75. The molecule has 1 aromatic carbocycles. The number of nitrogens with zero attached hydrogens (tertiary/aromatic N) is 2. The van der Waals surface area contributed by atoms with Crippen LogP contribution in [0.4, 0.5) is 11.4 Å². The van der Waals surface area contributed by atoms with Gasteiger partial charge in [0.15, 0.2) is 0 Å². The molecule has 0 saturated heterocycles. The van der Waals surface area contributed by atoms with Crippen molar-refractivity contribution in [2.24, 2.45) is 0 Å². The summed E-state index contributed by atoms with van der Waals surface area (Å²) in [6.45, 7) is 2.27. The minimum absolute atomic E-state index is 0.425. The Labute approximate surface area is 103 Å². The smallest absolute Gasteiger partial charge is 0.0991 e. The molecule has 2 heteroatoms. The summed E-state index contributed by atoms with van der Waals surface area (Å²) in [7, 11) is 2.17. The number of rotatable bonds is 1. The first-order valence-electron chi connectivity index (χ1n) is 6.22. The summed E-state index contributed by atoms with van der Waals surface area (Å²) in [4.78, 5) is 4.86. The lowest BCUT2D eigenvalue weighted by atomic mass is 10.1. The molecular formula is C15H18N2. The summed E-state index contributed by atoms with van der Waals surface area (Å²) in [5, 5.41) is 0. The number of fused-ring (bicyclic) bond motifs is 1. The zero-order chi connectivity index (χ0) is 11.8. The monoisotopic (exact) mass is 226 g/mol. The molecule has 0 radical (unpaired) electrons. The number of hydrogen-bond donors (Lipinski definition) is 0. The lowest BCUT2D eigenvalue weighted by Gasteiger charge is -2.33. The van der Waals surface area contributed by atoms with Gasteiger partial charge in [0.2, 0.25) is 0 Å². The van der Waals surface area contributed by atoms with Gasteiger partial charge in [-0.25, -0.2) is 0 Å². The van der Waals surface area contributed by atoms with Crippen molar-refractivity contribution in [3.8, 4) is 0 Å². The van der Waals surface area contributed by atoms with Crippen molar-refractivity contribution in [3.63, 3.8) is 0 Å². The van der Waals surface area contributed by atoms with E-state index in [0.717, 1.165) is 6.42 Å². The Balaban J connectivity index is 2.00. The van der Waals surface area contributed by atoms with E-state index in [1.807, 2.05) is 0 Å². The molecule has 17 heavy (non-hydrogen) atoms. The van der Waals surface area contributed by atoms with Gasteiger partial charge in [-0.3, -0.25) is 0 Å². The number of hydrogen-bond acceptors (Lipinski definition) is 2. The van der Waals surface area contributed by atoms with E-state index in [-0.39, 0.29) is 0 Å². The van der Waals surface area contributed by atoms with E-state index in [0.29, 0.717) is 12.2 Å². The van der Waals surface area contributed by atoms with Crippen LogP contribution < -0.4 is 9.80 Å². The molecule has 1 aromatic rings. The zero-order valence-corrected chi connectivity index (χ0v) is 10.4. The number of benzene rings is 1. The topological polar surface area (TPSA) is 6.48 Å². The Morgan fingerprint density at radius 1 is 1.12 bits per heavy atom. The van der Waals surface area contributed by atoms with E-state index >= 15 is 0 Å². The van der Waals surface area contributed by atoms with Gasteiger partial charge in [0.1, 0.15) is 0 Å². The molecule has 2 unspecified atom stereocenters. The summed E-state index contributed by atoms with van der Waals surface area (Å²) >= 11 is 0. The van der Waals surface area contributed by atoms with Gasteiger partial charge in [0.05, 0.1) is 23.6 Å². The van der Waals surface area contributed by atoms with Crippen LogP contribution in [-0.2, 0) is 0 Å². The summed E-state index contributed by atoms with van der Waals surface area (Å²) < 4.78 is 0. The minimum Gasteiger partial charge on any atom is -0.353 e. The second kappa shape index (κ2) is 3.95. The molecule has 0 fully saturated rings. The lowest BCUT2D eigenvalue weighted by molar-refractivity contribution is 0.599. The Hall–Kier alpha value is -1.70. The molecule has 3 rings (SSSR count). The largest absolute Gasteiger partial charge is 0.353 e. The average molecular weight is 226 g/mol. The molecular weight excluding hydrogens is 208 g/mol. The van der Waals surface area contributed by atoms with E-state index in [1.165, 1.54) is 11.4 Å². The fraction of sp³-hybridized carbons (Fsp3) is 0.333. The number of anilines is 2. The highest BCUT2D eigenvalue weighted by atomic mass is 15.4. The normalized spacial score (nSPS) is 26.5. The first-order valence-corrected chi connectivity index (χ1v) is 6.22. The quantitative estimate of drug-likeness (QED) is 0.725. The first kappa shape index (κ1) is 10.5. The van der Waals surface area contributed by atoms with Crippen molar-refractivity contribution < 1.29 is 0 Å². The van der Waals surface area contributed by atoms with Crippen molar-refractivity contribution in [3.05, 3.63) is 48.6 Å². The summed E-state index contributed by atoms with van der Waals surface area (Å²) in [5.74, 6) is 0. The number of allylic oxidation sites excluding steroid dienone is 2. The van der Waals surface area contributed by atoms with E-state index < -0.39 is 0 Å². The van der Waals surface area contributed by atoms with Crippen molar-refractivity contribution in [1.82, 2.24) is 0 Å². The van der Waals surface area contributed by atoms with Gasteiger partial charge >= 0.3 is 0 Å². The van der Waals surface area contributed by atoms with Gasteiger partial charge in [-0.1, -0.05) is 36.4 Å². The predicted molar refractivity (Wildman–Crippen MR) is 73.5 cm³/mol. The van der Waals surface area contributed by atoms with Crippen LogP contribution in [0, 0.1) is 0 Å². The molecule has 1 aliphatic carbocycles. The van der Waals surface area contributed by atoms with Gasteiger partial charge in [0, 0.05) is 7.05 Å². The predicted octanol–water partition coefficient (Wildman–Crippen LogP) is 3.17. The van der Waals surface area contributed by atoms with Crippen LogP contribution in [0.15, 0.2) is 48.6 Å². The van der Waals surface area contributed by atoms with Gasteiger partial charge in [-0.05, 0) is 25.5 Å². The highest BCUT2D eigenvalue weighted by molar-refractivity contribution is 5.77. The molecule has 0 N–H and O–H groups in total. The average Bonchev–Trinajstić information content (AvgIpc) is 2.64. The molecule has 0 bridgehead atoms. The van der Waals surface area contributed by atoms with Crippen LogP contribution in [0.3, 0.4) is 0 Å². The van der Waals surface area contributed by atoms with E-state index in [9.17, 15) is 0 Å². The van der Waals surface area contributed by atoms with Crippen LogP contribution in [-0.4, -0.2) is 19.3 Å². The van der Waals surface area contributed by atoms with Gasteiger partial charge < -0.3 is 9.80 Å². The van der Waals surface area contributed by atoms with Crippen LogP contribution in [0.5, 0.6) is 0 Å². The molecule has 1 heterocycles. The maximum absolute atomic E-state index is 2.51. The second-order valence-corrected chi connectivity index (χ2v) is 4.75. The van der Waals surface area contributed by atoms with Crippen LogP contribution in [0.1, 0.15) is 13.3 Å². The van der Waals surface area contributed by atoms with Gasteiger partial charge in [-0.2, -0.15) is 0 Å². The lowest BCUT2D eigenvalue weighted by Crippen LogP contribution is -2.44. The van der Waals surface area contributed by atoms with Crippen molar-refractivity contribution >= 4 is 11.4 Å². The molecule has 2 nitrogen and oxygen atoms in total. The van der Waals surface area contributed by atoms with Crippen molar-refractivity contribution in [2.75, 3.05) is 16.8 Å².